The van der Waals surface area contributed by atoms with Gasteiger partial charge in [0.1, 0.15) is 6.04 Å². The topological polar surface area (TPSA) is 58.8 Å². The lowest BCUT2D eigenvalue weighted by Crippen LogP contribution is -2.53. The van der Waals surface area contributed by atoms with Gasteiger partial charge in [-0.1, -0.05) is 23.7 Å². The monoisotopic (exact) mass is 311 g/mol. The molecule has 0 saturated carbocycles. The third-order valence-electron chi connectivity index (χ3n) is 3.61. The van der Waals surface area contributed by atoms with E-state index < -0.39 is 6.04 Å². The molecular weight excluding hydrogens is 290 g/mol. The van der Waals surface area contributed by atoms with Crippen molar-refractivity contribution in [1.82, 2.24) is 9.80 Å². The maximum Gasteiger partial charge on any atom is 0.241 e. The average Bonchev–Trinajstić information content (AvgIpc) is 2.49. The summed E-state index contributed by atoms with van der Waals surface area (Å²) in [4.78, 5) is 16.2. The SMILES string of the molecule is CN1CCN(C(=O)[C@@H](N)COCc2ccc(Cl)cc2)CC1. The molecule has 1 aromatic rings. The van der Waals surface area contributed by atoms with Crippen LogP contribution in [-0.4, -0.2) is 61.6 Å². The second kappa shape index (κ2) is 7.75. The summed E-state index contributed by atoms with van der Waals surface area (Å²) in [5, 5.41) is 0.695. The van der Waals surface area contributed by atoms with Gasteiger partial charge < -0.3 is 20.3 Å². The molecule has 1 saturated heterocycles. The molecule has 116 valence electrons. The maximum atomic E-state index is 12.2. The number of rotatable bonds is 5. The number of ether oxygens (including phenoxy) is 1. The van der Waals surface area contributed by atoms with Crippen molar-refractivity contribution in [3.8, 4) is 0 Å². The van der Waals surface area contributed by atoms with Gasteiger partial charge in [0.05, 0.1) is 13.2 Å². The maximum absolute atomic E-state index is 12.2. The van der Waals surface area contributed by atoms with Crippen LogP contribution in [-0.2, 0) is 16.1 Å². The van der Waals surface area contributed by atoms with E-state index in [4.69, 9.17) is 22.1 Å². The van der Waals surface area contributed by atoms with Gasteiger partial charge in [-0.3, -0.25) is 4.79 Å². The molecular formula is C15H22ClN3O2. The number of nitrogens with two attached hydrogens (primary N) is 1. The van der Waals surface area contributed by atoms with E-state index >= 15 is 0 Å². The van der Waals surface area contributed by atoms with Crippen molar-refractivity contribution in [2.24, 2.45) is 5.73 Å². The first-order valence-corrected chi connectivity index (χ1v) is 7.49. The Hall–Kier alpha value is -1.14. The van der Waals surface area contributed by atoms with Crippen LogP contribution in [0, 0.1) is 0 Å². The number of piperazine rings is 1. The molecule has 21 heavy (non-hydrogen) atoms. The van der Waals surface area contributed by atoms with Gasteiger partial charge in [-0.2, -0.15) is 0 Å². The van der Waals surface area contributed by atoms with E-state index in [0.717, 1.165) is 31.7 Å². The van der Waals surface area contributed by atoms with E-state index in [1.54, 1.807) is 0 Å². The fraction of sp³-hybridized carbons (Fsp3) is 0.533. The molecule has 0 spiro atoms. The summed E-state index contributed by atoms with van der Waals surface area (Å²) in [6.45, 7) is 3.92. The number of carbonyl (C=O) groups is 1. The smallest absolute Gasteiger partial charge is 0.241 e. The van der Waals surface area contributed by atoms with Gasteiger partial charge in [0.2, 0.25) is 5.91 Å². The Morgan fingerprint density at radius 2 is 1.90 bits per heavy atom. The number of amides is 1. The van der Waals surface area contributed by atoms with E-state index in [-0.39, 0.29) is 12.5 Å². The lowest BCUT2D eigenvalue weighted by molar-refractivity contribution is -0.135. The number of hydrogen-bond donors (Lipinski definition) is 1. The zero-order valence-electron chi connectivity index (χ0n) is 12.3. The number of benzene rings is 1. The highest BCUT2D eigenvalue weighted by Gasteiger charge is 2.24. The van der Waals surface area contributed by atoms with Gasteiger partial charge in [-0.15, -0.1) is 0 Å². The van der Waals surface area contributed by atoms with Gasteiger partial charge >= 0.3 is 0 Å². The average molecular weight is 312 g/mol. The third-order valence-corrected chi connectivity index (χ3v) is 3.86. The summed E-state index contributed by atoms with van der Waals surface area (Å²) in [7, 11) is 2.05. The first-order valence-electron chi connectivity index (χ1n) is 7.11. The van der Waals surface area contributed by atoms with E-state index in [1.807, 2.05) is 29.2 Å². The van der Waals surface area contributed by atoms with Crippen LogP contribution in [0.15, 0.2) is 24.3 Å². The quantitative estimate of drug-likeness (QED) is 0.880. The van der Waals surface area contributed by atoms with Crippen LogP contribution < -0.4 is 5.73 Å². The molecule has 0 aliphatic carbocycles. The van der Waals surface area contributed by atoms with Gasteiger partial charge in [0, 0.05) is 31.2 Å². The first kappa shape index (κ1) is 16.2. The molecule has 1 amide bonds. The van der Waals surface area contributed by atoms with Crippen LogP contribution in [0.2, 0.25) is 5.02 Å². The van der Waals surface area contributed by atoms with Gasteiger partial charge in [0.25, 0.3) is 0 Å². The molecule has 0 bridgehead atoms. The predicted molar refractivity (Wildman–Crippen MR) is 83.2 cm³/mol. The van der Waals surface area contributed by atoms with Crippen molar-refractivity contribution in [3.05, 3.63) is 34.9 Å². The Kier molecular flexibility index (Phi) is 5.99. The summed E-state index contributed by atoms with van der Waals surface area (Å²) < 4.78 is 5.53. The van der Waals surface area contributed by atoms with Crippen LogP contribution in [0.1, 0.15) is 5.56 Å². The highest BCUT2D eigenvalue weighted by Crippen LogP contribution is 2.10. The first-order chi connectivity index (χ1) is 10.1. The van der Waals surface area contributed by atoms with Crippen LogP contribution in [0.3, 0.4) is 0 Å². The van der Waals surface area contributed by atoms with Crippen molar-refractivity contribution in [2.75, 3.05) is 39.8 Å². The minimum Gasteiger partial charge on any atom is -0.375 e. The Balaban J connectivity index is 1.72. The number of carbonyl (C=O) groups excluding carboxylic acids is 1. The molecule has 0 radical (unpaired) electrons. The zero-order chi connectivity index (χ0) is 15.2. The minimum atomic E-state index is -0.597. The van der Waals surface area contributed by atoms with Crippen molar-refractivity contribution in [3.63, 3.8) is 0 Å². The molecule has 1 aliphatic heterocycles. The minimum absolute atomic E-state index is 0.0285. The number of likely N-dealkylation sites (N-methyl/N-ethyl adjacent to an activating group) is 1. The summed E-state index contributed by atoms with van der Waals surface area (Å²) in [5.41, 5.74) is 6.93. The van der Waals surface area contributed by atoms with Crippen molar-refractivity contribution in [1.29, 1.82) is 0 Å². The third kappa shape index (κ3) is 4.97. The largest absolute Gasteiger partial charge is 0.375 e. The second-order valence-electron chi connectivity index (χ2n) is 5.38. The van der Waals surface area contributed by atoms with Gasteiger partial charge in [-0.25, -0.2) is 0 Å². The summed E-state index contributed by atoms with van der Waals surface area (Å²) in [6, 6.07) is 6.83. The fourth-order valence-corrected chi connectivity index (χ4v) is 2.34. The summed E-state index contributed by atoms with van der Waals surface area (Å²) in [5.74, 6) is -0.0285. The molecule has 5 nitrogen and oxygen atoms in total. The van der Waals surface area contributed by atoms with Crippen molar-refractivity contribution >= 4 is 17.5 Å². The van der Waals surface area contributed by atoms with E-state index in [2.05, 4.69) is 11.9 Å². The molecule has 1 heterocycles. The molecule has 1 aromatic carbocycles. The lowest BCUT2D eigenvalue weighted by atomic mass is 10.2. The molecule has 1 atom stereocenters. The van der Waals surface area contributed by atoms with E-state index in [9.17, 15) is 4.79 Å². The highest BCUT2D eigenvalue weighted by atomic mass is 35.5. The zero-order valence-corrected chi connectivity index (χ0v) is 13.1. The summed E-state index contributed by atoms with van der Waals surface area (Å²) >= 11 is 5.82. The van der Waals surface area contributed by atoms with Gasteiger partial charge in [-0.05, 0) is 24.7 Å². The normalized spacial score (nSPS) is 17.8. The van der Waals surface area contributed by atoms with Crippen LogP contribution in [0.5, 0.6) is 0 Å². The molecule has 0 unspecified atom stereocenters. The Morgan fingerprint density at radius 3 is 2.52 bits per heavy atom. The van der Waals surface area contributed by atoms with Crippen LogP contribution in [0.4, 0.5) is 0 Å². The fourth-order valence-electron chi connectivity index (χ4n) is 2.22. The number of hydrogen-bond acceptors (Lipinski definition) is 4. The van der Waals surface area contributed by atoms with Gasteiger partial charge in [0.15, 0.2) is 0 Å². The van der Waals surface area contributed by atoms with Crippen LogP contribution >= 0.6 is 11.6 Å². The summed E-state index contributed by atoms with van der Waals surface area (Å²) in [6.07, 6.45) is 0. The number of halogens is 1. The molecule has 1 aliphatic rings. The molecule has 2 N–H and O–H groups in total. The van der Waals surface area contributed by atoms with Crippen LogP contribution in [0.25, 0.3) is 0 Å². The molecule has 0 aromatic heterocycles. The predicted octanol–water partition coefficient (Wildman–Crippen LogP) is 0.958. The highest BCUT2D eigenvalue weighted by molar-refractivity contribution is 6.30. The van der Waals surface area contributed by atoms with E-state index in [0.29, 0.717) is 11.6 Å². The van der Waals surface area contributed by atoms with Crippen molar-refractivity contribution in [2.45, 2.75) is 12.6 Å². The lowest BCUT2D eigenvalue weighted by Gasteiger charge is -2.33. The molecule has 6 heteroatoms. The molecule has 1 fully saturated rings. The Bertz CT molecular complexity index is 458. The Labute approximate surface area is 130 Å². The van der Waals surface area contributed by atoms with Crippen molar-refractivity contribution < 1.29 is 9.53 Å². The second-order valence-corrected chi connectivity index (χ2v) is 5.81. The molecule has 2 rings (SSSR count). The standard InChI is InChI=1S/C15H22ClN3O2/c1-18-6-8-19(9-7-18)15(20)14(17)11-21-10-12-2-4-13(16)5-3-12/h2-5,14H,6-11,17H2,1H3/t14-/m0/s1. The van der Waals surface area contributed by atoms with E-state index in [1.165, 1.54) is 0 Å². The Morgan fingerprint density at radius 1 is 1.29 bits per heavy atom. The number of nitrogens with zero attached hydrogens (tertiary/aromatic N) is 2.